The summed E-state index contributed by atoms with van der Waals surface area (Å²) in [7, 11) is 0. The maximum absolute atomic E-state index is 10.6. The van der Waals surface area contributed by atoms with Crippen LogP contribution in [0.15, 0.2) is 82.3 Å². The van der Waals surface area contributed by atoms with Gasteiger partial charge in [-0.3, -0.25) is 0 Å². The number of alkyl halides is 6. The molecule has 0 saturated carbocycles. The molecular formula is C42H44F6N14O8. The second-order valence-electron chi connectivity index (χ2n) is 14.0. The van der Waals surface area contributed by atoms with Crippen molar-refractivity contribution in [2.24, 2.45) is 11.5 Å². The molecule has 0 fully saturated rings. The number of pyridine rings is 2. The standard InChI is InChI=1S/2C19H21N7O2.2C2HF3O2/c2*1-2-26-17-13(27-10-6-9-20)11-22-14(12-7-4-3-5-8-12)15(17)23-19(26)16-18(21)25-28-24-16;2*3-2(4,5)1(6)7/h2*3-5,7-8,11H,2,6,9-10,20H2,1H3,(H2,21,25);2*(H,6,7). The number of carboxylic acid groups (broad SMARTS) is 2. The zero-order valence-corrected chi connectivity index (χ0v) is 37.0. The summed E-state index contributed by atoms with van der Waals surface area (Å²) >= 11 is 0. The van der Waals surface area contributed by atoms with Crippen LogP contribution in [0, 0.1) is 0 Å². The number of benzene rings is 2. The lowest BCUT2D eigenvalue weighted by Gasteiger charge is -2.11. The molecule has 0 aliphatic heterocycles. The molecule has 0 unspecified atom stereocenters. The van der Waals surface area contributed by atoms with Crippen LogP contribution in [-0.2, 0) is 22.7 Å². The van der Waals surface area contributed by atoms with E-state index in [2.05, 4.69) is 30.6 Å². The Morgan fingerprint density at radius 1 is 0.600 bits per heavy atom. The Morgan fingerprint density at radius 2 is 0.943 bits per heavy atom. The van der Waals surface area contributed by atoms with Crippen LogP contribution in [0.2, 0.25) is 0 Å². The zero-order valence-electron chi connectivity index (χ0n) is 37.0. The molecule has 0 aliphatic rings. The highest BCUT2D eigenvalue weighted by Gasteiger charge is 2.39. The van der Waals surface area contributed by atoms with Crippen molar-refractivity contribution >= 4 is 45.6 Å². The van der Waals surface area contributed by atoms with Crippen molar-refractivity contribution in [1.82, 2.24) is 49.7 Å². The summed E-state index contributed by atoms with van der Waals surface area (Å²) in [5.74, 6) is -2.75. The Balaban J connectivity index is 0.000000206. The molecule has 22 nitrogen and oxygen atoms in total. The Bertz CT molecular complexity index is 2780. The van der Waals surface area contributed by atoms with Gasteiger partial charge in [-0.05, 0) is 60.4 Å². The van der Waals surface area contributed by atoms with Gasteiger partial charge in [-0.25, -0.2) is 38.8 Å². The lowest BCUT2D eigenvalue weighted by molar-refractivity contribution is -0.193. The van der Waals surface area contributed by atoms with Crippen molar-refractivity contribution in [3.8, 4) is 57.1 Å². The number of hydrogen-bond donors (Lipinski definition) is 6. The second-order valence-corrected chi connectivity index (χ2v) is 14.0. The highest BCUT2D eigenvalue weighted by atomic mass is 19.4. The van der Waals surface area contributed by atoms with Crippen LogP contribution in [0.25, 0.3) is 67.6 Å². The predicted molar refractivity (Wildman–Crippen MR) is 238 cm³/mol. The van der Waals surface area contributed by atoms with E-state index in [9.17, 15) is 26.3 Å². The number of aryl methyl sites for hydroxylation is 2. The minimum atomic E-state index is -5.08. The first kappa shape index (κ1) is 52.6. The van der Waals surface area contributed by atoms with Gasteiger partial charge in [0.05, 0.1) is 37.0 Å². The molecule has 372 valence electrons. The molecule has 0 saturated heterocycles. The fourth-order valence-corrected chi connectivity index (χ4v) is 6.26. The van der Waals surface area contributed by atoms with Crippen LogP contribution >= 0.6 is 0 Å². The normalized spacial score (nSPS) is 11.2. The van der Waals surface area contributed by atoms with E-state index in [1.54, 1.807) is 12.4 Å². The molecule has 8 rings (SSSR count). The lowest BCUT2D eigenvalue weighted by atomic mass is 10.1. The number of nitrogen functional groups attached to an aromatic ring is 2. The summed E-state index contributed by atoms with van der Waals surface area (Å²) < 4.78 is 88.9. The smallest absolute Gasteiger partial charge is 0.490 e. The van der Waals surface area contributed by atoms with Crippen molar-refractivity contribution < 1.29 is 64.9 Å². The molecule has 6 aromatic heterocycles. The Kier molecular flexibility index (Phi) is 17.7. The first-order valence-electron chi connectivity index (χ1n) is 20.7. The zero-order chi connectivity index (χ0) is 51.2. The van der Waals surface area contributed by atoms with Crippen molar-refractivity contribution in [3.05, 3.63) is 73.1 Å². The molecular weight excluding hydrogens is 943 g/mol. The number of halogens is 6. The van der Waals surface area contributed by atoms with Crippen molar-refractivity contribution in [2.75, 3.05) is 37.8 Å². The third kappa shape index (κ3) is 12.6. The van der Waals surface area contributed by atoms with Crippen molar-refractivity contribution in [3.63, 3.8) is 0 Å². The molecule has 0 radical (unpaired) electrons. The minimum absolute atomic E-state index is 0.185. The quantitative estimate of drug-likeness (QED) is 0.0520. The summed E-state index contributed by atoms with van der Waals surface area (Å²) in [5.41, 5.74) is 30.3. The summed E-state index contributed by atoms with van der Waals surface area (Å²) in [4.78, 5) is 36.7. The number of fused-ring (bicyclic) bond motifs is 2. The van der Waals surface area contributed by atoms with Gasteiger partial charge in [0.2, 0.25) is 0 Å². The average molecular weight is 987 g/mol. The number of nitrogens with zero attached hydrogens (tertiary/aromatic N) is 10. The number of hydrogen-bond acceptors (Lipinski definition) is 18. The molecule has 0 aliphatic carbocycles. The first-order valence-corrected chi connectivity index (χ1v) is 20.7. The number of aliphatic carboxylic acids is 2. The Labute approximate surface area is 391 Å². The summed E-state index contributed by atoms with van der Waals surface area (Å²) in [5, 5.41) is 29.5. The molecule has 8 aromatic rings. The number of rotatable bonds is 14. The Hall–Kier alpha value is -8.40. The van der Waals surface area contributed by atoms with Gasteiger partial charge in [0, 0.05) is 24.2 Å². The fourth-order valence-electron chi connectivity index (χ4n) is 6.26. The van der Waals surface area contributed by atoms with E-state index in [-0.39, 0.29) is 11.6 Å². The van der Waals surface area contributed by atoms with Gasteiger partial charge in [0.15, 0.2) is 46.2 Å². The van der Waals surface area contributed by atoms with E-state index in [1.165, 1.54) is 0 Å². The number of ether oxygens (including phenoxy) is 2. The molecule has 10 N–H and O–H groups in total. The lowest BCUT2D eigenvalue weighted by Crippen LogP contribution is -2.21. The van der Waals surface area contributed by atoms with Gasteiger partial charge in [0.25, 0.3) is 0 Å². The number of carboxylic acids is 2. The van der Waals surface area contributed by atoms with Gasteiger partial charge in [0.1, 0.15) is 22.1 Å². The van der Waals surface area contributed by atoms with E-state index in [0.29, 0.717) is 85.0 Å². The number of anilines is 2. The summed E-state index contributed by atoms with van der Waals surface area (Å²) in [6.45, 7) is 7.39. The van der Waals surface area contributed by atoms with E-state index < -0.39 is 24.3 Å². The second kappa shape index (κ2) is 23.6. The van der Waals surface area contributed by atoms with E-state index >= 15 is 0 Å². The van der Waals surface area contributed by atoms with E-state index in [0.717, 1.165) is 46.4 Å². The number of carbonyl (C=O) groups is 2. The molecule has 0 bridgehead atoms. The van der Waals surface area contributed by atoms with Gasteiger partial charge in [-0.1, -0.05) is 60.7 Å². The van der Waals surface area contributed by atoms with Crippen LogP contribution in [0.1, 0.15) is 26.7 Å². The van der Waals surface area contributed by atoms with Crippen LogP contribution in [0.4, 0.5) is 38.0 Å². The SMILES string of the molecule is CCn1c(-c2nonc2N)nc2c(-c3ccccc3)ncc(OCCCN)c21.CCn1c(-c2nonc2N)nc2c(-c3ccccc3)ncc(OCCCN)c21.O=C(O)C(F)(F)F.O=C(O)C(F)(F)F. The Morgan fingerprint density at radius 3 is 1.21 bits per heavy atom. The van der Waals surface area contributed by atoms with E-state index in [1.807, 2.05) is 83.6 Å². The van der Waals surface area contributed by atoms with Gasteiger partial charge < -0.3 is 51.8 Å². The van der Waals surface area contributed by atoms with Crippen LogP contribution in [0.3, 0.4) is 0 Å². The molecule has 6 heterocycles. The number of aromatic nitrogens is 10. The highest BCUT2D eigenvalue weighted by molar-refractivity contribution is 5.97. The minimum Gasteiger partial charge on any atom is -0.490 e. The first-order chi connectivity index (χ1) is 33.4. The van der Waals surface area contributed by atoms with Crippen LogP contribution in [0.5, 0.6) is 11.5 Å². The third-order valence-electron chi connectivity index (χ3n) is 9.35. The summed E-state index contributed by atoms with van der Waals surface area (Å²) in [6, 6.07) is 19.8. The molecule has 28 heteroatoms. The van der Waals surface area contributed by atoms with Crippen LogP contribution in [-0.4, -0.2) is 111 Å². The average Bonchev–Trinajstić information content (AvgIpc) is 4.14. The maximum Gasteiger partial charge on any atom is 0.490 e. The molecule has 2 aromatic carbocycles. The third-order valence-corrected chi connectivity index (χ3v) is 9.35. The summed E-state index contributed by atoms with van der Waals surface area (Å²) in [6.07, 6.45) is -5.23. The largest absolute Gasteiger partial charge is 0.490 e. The van der Waals surface area contributed by atoms with Gasteiger partial charge in [-0.2, -0.15) is 26.3 Å². The van der Waals surface area contributed by atoms with Gasteiger partial charge >= 0.3 is 24.3 Å². The monoisotopic (exact) mass is 986 g/mol. The molecule has 0 amide bonds. The van der Waals surface area contributed by atoms with Crippen molar-refractivity contribution in [2.45, 2.75) is 52.1 Å². The molecule has 0 spiro atoms. The van der Waals surface area contributed by atoms with Crippen molar-refractivity contribution in [1.29, 1.82) is 0 Å². The number of imidazole rings is 2. The number of nitrogens with two attached hydrogens (primary N) is 4. The molecule has 0 atom stereocenters. The predicted octanol–water partition coefficient (Wildman–Crippen LogP) is 6.22. The van der Waals surface area contributed by atoms with E-state index in [4.69, 9.17) is 71.4 Å². The van der Waals surface area contributed by atoms with Crippen LogP contribution < -0.4 is 32.4 Å². The van der Waals surface area contributed by atoms with Gasteiger partial charge in [-0.15, -0.1) is 0 Å². The topological polar surface area (TPSA) is 336 Å². The fraction of sp³-hybridized carbons (Fsp3) is 0.286. The maximum atomic E-state index is 10.6. The highest BCUT2D eigenvalue weighted by Crippen LogP contribution is 2.38. The molecule has 70 heavy (non-hydrogen) atoms.